The first kappa shape index (κ1) is 31.7. The normalized spacial score (nSPS) is 13.1. The summed E-state index contributed by atoms with van der Waals surface area (Å²) < 4.78 is 32.6. The van der Waals surface area contributed by atoms with Crippen molar-refractivity contribution in [1.29, 1.82) is 0 Å². The molecular formula is C29H40N7O4S-. The Hall–Kier alpha value is -3.87. The number of benzene rings is 2. The van der Waals surface area contributed by atoms with Gasteiger partial charge in [0.25, 0.3) is 5.91 Å². The van der Waals surface area contributed by atoms with E-state index in [-0.39, 0.29) is 22.4 Å². The number of methoxy groups -OCH3 is 1. The van der Waals surface area contributed by atoms with E-state index in [1.807, 2.05) is 39.3 Å². The molecule has 41 heavy (non-hydrogen) atoms. The van der Waals surface area contributed by atoms with E-state index in [1.165, 1.54) is 12.1 Å². The van der Waals surface area contributed by atoms with Gasteiger partial charge in [-0.05, 0) is 75.4 Å². The van der Waals surface area contributed by atoms with Crippen molar-refractivity contribution in [2.24, 2.45) is 11.6 Å². The Morgan fingerprint density at radius 1 is 1.12 bits per heavy atom. The molecule has 1 heterocycles. The highest BCUT2D eigenvalue weighted by molar-refractivity contribution is 7.80. The monoisotopic (exact) mass is 582 g/mol. The molecule has 0 saturated heterocycles. The van der Waals surface area contributed by atoms with Gasteiger partial charge in [-0.15, -0.1) is 0 Å². The summed E-state index contributed by atoms with van der Waals surface area (Å²) in [5, 5.41) is 8.72. The van der Waals surface area contributed by atoms with Gasteiger partial charge in [0, 0.05) is 34.3 Å². The molecule has 0 fully saturated rings. The quantitative estimate of drug-likeness (QED) is 0.169. The number of hydrazine groups is 1. The average Bonchev–Trinajstić information content (AvgIpc) is 3.25. The van der Waals surface area contributed by atoms with Crippen LogP contribution in [0.15, 0.2) is 42.7 Å². The number of rotatable bonds is 8. The van der Waals surface area contributed by atoms with E-state index in [2.05, 4.69) is 35.9 Å². The number of carbonyl (C=O) groups excluding carboxylic acids is 1. The van der Waals surface area contributed by atoms with Crippen LogP contribution in [-0.4, -0.2) is 31.6 Å². The number of aromatic nitrogens is 2. The summed E-state index contributed by atoms with van der Waals surface area (Å²) in [5.74, 6) is 6.16. The number of ether oxygens (including phenoxy) is 1. The van der Waals surface area contributed by atoms with Gasteiger partial charge in [0.15, 0.2) is 5.75 Å². The minimum Gasteiger partial charge on any atom is -0.755 e. The lowest BCUT2D eigenvalue weighted by atomic mass is 9.86. The van der Waals surface area contributed by atoms with Crippen LogP contribution in [0.2, 0.25) is 0 Å². The highest BCUT2D eigenvalue weighted by Gasteiger charge is 2.22. The molecule has 1 unspecified atom stereocenters. The van der Waals surface area contributed by atoms with Crippen LogP contribution in [0.5, 0.6) is 5.75 Å². The molecule has 0 aliphatic rings. The molecule has 12 heteroatoms. The molecule has 11 nitrogen and oxygen atoms in total. The molecule has 0 aliphatic carbocycles. The molecule has 222 valence electrons. The van der Waals surface area contributed by atoms with Crippen LogP contribution >= 0.6 is 0 Å². The van der Waals surface area contributed by atoms with Crippen molar-refractivity contribution in [3.05, 3.63) is 70.7 Å². The Bertz CT molecular complexity index is 1500. The third-order valence-electron chi connectivity index (χ3n) is 6.58. The summed E-state index contributed by atoms with van der Waals surface area (Å²) in [6, 6.07) is 8.57. The fourth-order valence-corrected chi connectivity index (χ4v) is 4.75. The molecule has 0 bridgehead atoms. The highest BCUT2D eigenvalue weighted by Crippen LogP contribution is 2.39. The van der Waals surface area contributed by atoms with Gasteiger partial charge in [-0.3, -0.25) is 18.7 Å². The van der Waals surface area contributed by atoms with Crippen molar-refractivity contribution < 1.29 is 18.3 Å². The van der Waals surface area contributed by atoms with Gasteiger partial charge in [-0.25, -0.2) is 5.84 Å². The number of carbonyl (C=O) groups is 1. The molecule has 3 rings (SSSR count). The Balaban J connectivity index is 1.96. The maximum Gasteiger partial charge on any atom is 0.255 e. The fourth-order valence-electron chi connectivity index (χ4n) is 4.42. The minimum atomic E-state index is -2.59. The van der Waals surface area contributed by atoms with E-state index >= 15 is 0 Å². The lowest BCUT2D eigenvalue weighted by Crippen LogP contribution is -2.27. The van der Waals surface area contributed by atoms with Crippen LogP contribution in [0.3, 0.4) is 0 Å². The zero-order valence-electron chi connectivity index (χ0n) is 25.1. The number of hydrogen-bond acceptors (Lipinski definition) is 8. The number of nitrogens with two attached hydrogens (primary N) is 2. The fraction of sp³-hybridized carbons (Fsp3) is 0.379. The van der Waals surface area contributed by atoms with Crippen LogP contribution in [0.1, 0.15) is 74.3 Å². The zero-order chi connectivity index (χ0) is 30.9. The van der Waals surface area contributed by atoms with Crippen LogP contribution in [0, 0.1) is 13.8 Å². The SMILES string of the molecule is COc1c(NC(=O)c2ccc(C)c(N(N)/C=C(\N)c3cnn(C(C)(C)C)c3C)c2)cc(C(C)(C)C)cc1NS(=O)[O-]. The van der Waals surface area contributed by atoms with Gasteiger partial charge in [-0.2, -0.15) is 5.10 Å². The summed E-state index contributed by atoms with van der Waals surface area (Å²) in [6.45, 7) is 15.9. The summed E-state index contributed by atoms with van der Waals surface area (Å²) in [5.41, 5.74) is 11.0. The number of aryl methyl sites for hydroxylation is 1. The number of amides is 1. The number of nitrogens with zero attached hydrogens (tertiary/aromatic N) is 3. The molecule has 0 radical (unpaired) electrons. The van der Waals surface area contributed by atoms with Gasteiger partial charge in [0.05, 0.1) is 41.6 Å². The van der Waals surface area contributed by atoms with Crippen LogP contribution in [0.25, 0.3) is 5.70 Å². The van der Waals surface area contributed by atoms with Crippen molar-refractivity contribution in [3.8, 4) is 5.75 Å². The summed E-state index contributed by atoms with van der Waals surface area (Å²) in [6.07, 6.45) is 3.31. The maximum absolute atomic E-state index is 13.4. The molecule has 1 atom stereocenters. The first-order valence-corrected chi connectivity index (χ1v) is 14.1. The highest BCUT2D eigenvalue weighted by atomic mass is 32.2. The van der Waals surface area contributed by atoms with Crippen LogP contribution in [0.4, 0.5) is 17.1 Å². The smallest absolute Gasteiger partial charge is 0.255 e. The third kappa shape index (κ3) is 7.26. The largest absolute Gasteiger partial charge is 0.755 e. The molecule has 0 aliphatic heterocycles. The maximum atomic E-state index is 13.4. The predicted molar refractivity (Wildman–Crippen MR) is 164 cm³/mol. The van der Waals surface area contributed by atoms with E-state index in [1.54, 1.807) is 42.7 Å². The van der Waals surface area contributed by atoms with Crippen molar-refractivity contribution in [1.82, 2.24) is 9.78 Å². The third-order valence-corrected chi connectivity index (χ3v) is 6.97. The Kier molecular flexibility index (Phi) is 9.21. The molecule has 3 aromatic rings. The second-order valence-corrected chi connectivity index (χ2v) is 12.5. The van der Waals surface area contributed by atoms with E-state index in [9.17, 15) is 13.6 Å². The number of anilines is 3. The number of nitrogens with one attached hydrogen (secondary N) is 2. The van der Waals surface area contributed by atoms with Crippen molar-refractivity contribution in [3.63, 3.8) is 0 Å². The summed E-state index contributed by atoms with van der Waals surface area (Å²) >= 11 is -2.59. The molecule has 0 saturated carbocycles. The van der Waals surface area contributed by atoms with Crippen LogP contribution in [-0.2, 0) is 22.2 Å². The second kappa shape index (κ2) is 11.9. The first-order valence-electron chi connectivity index (χ1n) is 13.0. The molecular weight excluding hydrogens is 542 g/mol. The molecule has 1 amide bonds. The average molecular weight is 583 g/mol. The van der Waals surface area contributed by atoms with Gasteiger partial charge in [-0.1, -0.05) is 26.8 Å². The van der Waals surface area contributed by atoms with Gasteiger partial charge < -0.3 is 25.1 Å². The first-order chi connectivity index (χ1) is 18.9. The lowest BCUT2D eigenvalue weighted by molar-refractivity contribution is 0.102. The second-order valence-electron chi connectivity index (χ2n) is 11.9. The van der Waals surface area contributed by atoms with E-state index in [0.717, 1.165) is 22.4 Å². The van der Waals surface area contributed by atoms with Crippen LogP contribution < -0.4 is 31.4 Å². The van der Waals surface area contributed by atoms with Gasteiger partial charge in [0.2, 0.25) is 0 Å². The van der Waals surface area contributed by atoms with Gasteiger partial charge in [0.1, 0.15) is 0 Å². The summed E-state index contributed by atoms with van der Waals surface area (Å²) in [4.78, 5) is 13.4. The molecule has 1 aromatic heterocycles. The Morgan fingerprint density at radius 2 is 1.76 bits per heavy atom. The molecule has 2 aromatic carbocycles. The Labute approximate surface area is 244 Å². The van der Waals surface area contributed by atoms with Crippen molar-refractivity contribution >= 4 is 39.9 Å². The van der Waals surface area contributed by atoms with Crippen molar-refractivity contribution in [2.75, 3.05) is 22.2 Å². The predicted octanol–water partition coefficient (Wildman–Crippen LogP) is 4.66. The van der Waals surface area contributed by atoms with E-state index in [0.29, 0.717) is 22.6 Å². The number of hydrogen-bond donors (Lipinski definition) is 4. The van der Waals surface area contributed by atoms with E-state index in [4.69, 9.17) is 16.3 Å². The Morgan fingerprint density at radius 3 is 2.29 bits per heavy atom. The zero-order valence-corrected chi connectivity index (χ0v) is 25.9. The molecule has 0 spiro atoms. The molecule has 6 N–H and O–H groups in total. The minimum absolute atomic E-state index is 0.185. The van der Waals surface area contributed by atoms with Crippen molar-refractivity contribution in [2.45, 2.75) is 66.3 Å². The lowest BCUT2D eigenvalue weighted by Gasteiger charge is -2.24. The van der Waals surface area contributed by atoms with E-state index < -0.39 is 17.2 Å². The summed E-state index contributed by atoms with van der Waals surface area (Å²) in [7, 11) is 1.40. The standard InChI is InChI=1S/C29H41N7O4S/c1-17-10-11-19(12-25(17)35(31)16-22(30)21-15-32-36(18(21)2)29(6,7)8)27(37)33-23-13-20(28(3,4)5)14-24(26(23)40-9)34-41(38)39/h10-16,34H,30-31H2,1-9H3,(H,33,37)(H,38,39)/p-1/b22-16-. The van der Waals surface area contributed by atoms with Gasteiger partial charge >= 0.3 is 0 Å². The topological polar surface area (TPSA) is 164 Å².